The van der Waals surface area contributed by atoms with Crippen LogP contribution in [-0.4, -0.2) is 40.8 Å². The maximum Gasteiger partial charge on any atom is 0.149 e. The Hall–Kier alpha value is -1.16. The first-order valence-electron chi connectivity index (χ1n) is 6.94. The molecule has 1 N–H and O–H groups in total. The molecule has 0 radical (unpaired) electrons. The quantitative estimate of drug-likeness (QED) is 0.770. The maximum absolute atomic E-state index is 4.08. The van der Waals surface area contributed by atoms with Crippen LogP contribution in [0.4, 0.5) is 5.82 Å². The Morgan fingerprint density at radius 3 is 2.67 bits per heavy atom. The number of nitrogens with zero attached hydrogens (tertiary/aromatic N) is 3. The van der Waals surface area contributed by atoms with E-state index in [9.17, 15) is 0 Å². The van der Waals surface area contributed by atoms with Gasteiger partial charge >= 0.3 is 0 Å². The SMILES string of the molecule is CCN(CC)CCCC(C)Nc1cc(C)cnn1. The van der Waals surface area contributed by atoms with Gasteiger partial charge in [0.15, 0.2) is 0 Å². The fourth-order valence-electron chi connectivity index (χ4n) is 2.02. The molecular formula is C14H26N4. The fourth-order valence-corrected chi connectivity index (χ4v) is 2.02. The van der Waals surface area contributed by atoms with Gasteiger partial charge in [-0.2, -0.15) is 5.10 Å². The summed E-state index contributed by atoms with van der Waals surface area (Å²) >= 11 is 0. The normalized spacial score (nSPS) is 12.7. The van der Waals surface area contributed by atoms with E-state index in [2.05, 4.69) is 41.2 Å². The summed E-state index contributed by atoms with van der Waals surface area (Å²) in [5.41, 5.74) is 1.14. The molecule has 0 saturated heterocycles. The van der Waals surface area contributed by atoms with E-state index in [-0.39, 0.29) is 0 Å². The lowest BCUT2D eigenvalue weighted by Crippen LogP contribution is -2.25. The molecule has 4 heteroatoms. The number of anilines is 1. The van der Waals surface area contributed by atoms with Gasteiger partial charge in [-0.1, -0.05) is 13.8 Å². The van der Waals surface area contributed by atoms with E-state index in [1.807, 2.05) is 13.0 Å². The second-order valence-corrected chi connectivity index (χ2v) is 4.83. The average molecular weight is 250 g/mol. The van der Waals surface area contributed by atoms with Crippen molar-refractivity contribution in [3.63, 3.8) is 0 Å². The fraction of sp³-hybridized carbons (Fsp3) is 0.714. The molecule has 4 nitrogen and oxygen atoms in total. The van der Waals surface area contributed by atoms with Crippen LogP contribution in [0, 0.1) is 6.92 Å². The van der Waals surface area contributed by atoms with Crippen LogP contribution in [0.2, 0.25) is 0 Å². The molecule has 1 unspecified atom stereocenters. The molecule has 0 aliphatic heterocycles. The third-order valence-electron chi connectivity index (χ3n) is 3.19. The van der Waals surface area contributed by atoms with Gasteiger partial charge in [-0.15, -0.1) is 5.10 Å². The monoisotopic (exact) mass is 250 g/mol. The highest BCUT2D eigenvalue weighted by molar-refractivity contribution is 5.35. The standard InChI is InChI=1S/C14H26N4/c1-5-18(6-2)9-7-8-13(4)16-14-10-12(3)11-15-17-14/h10-11,13H,5-9H2,1-4H3,(H,16,17). The highest BCUT2D eigenvalue weighted by atomic mass is 15.2. The zero-order valence-electron chi connectivity index (χ0n) is 12.1. The Morgan fingerprint density at radius 2 is 2.06 bits per heavy atom. The summed E-state index contributed by atoms with van der Waals surface area (Å²) in [4.78, 5) is 2.46. The number of hydrogen-bond donors (Lipinski definition) is 1. The first-order chi connectivity index (χ1) is 8.65. The van der Waals surface area contributed by atoms with Gasteiger partial charge < -0.3 is 10.2 Å². The molecule has 1 aromatic heterocycles. The van der Waals surface area contributed by atoms with E-state index < -0.39 is 0 Å². The van der Waals surface area contributed by atoms with Gasteiger partial charge in [0.1, 0.15) is 5.82 Å². The van der Waals surface area contributed by atoms with Crippen LogP contribution in [0.15, 0.2) is 12.3 Å². The van der Waals surface area contributed by atoms with Crippen molar-refractivity contribution in [3.05, 3.63) is 17.8 Å². The van der Waals surface area contributed by atoms with Crippen molar-refractivity contribution in [3.8, 4) is 0 Å². The van der Waals surface area contributed by atoms with Crippen LogP contribution in [-0.2, 0) is 0 Å². The van der Waals surface area contributed by atoms with E-state index in [0.717, 1.165) is 30.9 Å². The minimum atomic E-state index is 0.441. The molecule has 1 rings (SSSR count). The van der Waals surface area contributed by atoms with Gasteiger partial charge in [0.2, 0.25) is 0 Å². The minimum Gasteiger partial charge on any atom is -0.366 e. The molecule has 1 aromatic rings. The van der Waals surface area contributed by atoms with Gasteiger partial charge in [0.05, 0.1) is 6.20 Å². The molecule has 0 aliphatic rings. The molecule has 18 heavy (non-hydrogen) atoms. The molecular weight excluding hydrogens is 224 g/mol. The first-order valence-corrected chi connectivity index (χ1v) is 6.94. The largest absolute Gasteiger partial charge is 0.366 e. The van der Waals surface area contributed by atoms with Gasteiger partial charge in [-0.3, -0.25) is 0 Å². The molecule has 0 amide bonds. The molecule has 1 heterocycles. The van der Waals surface area contributed by atoms with Gasteiger partial charge in [0.25, 0.3) is 0 Å². The Morgan fingerprint density at radius 1 is 1.33 bits per heavy atom. The van der Waals surface area contributed by atoms with Crippen molar-refractivity contribution in [2.24, 2.45) is 0 Å². The molecule has 1 atom stereocenters. The van der Waals surface area contributed by atoms with Crippen molar-refractivity contribution < 1.29 is 0 Å². The summed E-state index contributed by atoms with van der Waals surface area (Å²) in [6.07, 6.45) is 4.15. The third-order valence-corrected chi connectivity index (χ3v) is 3.19. The van der Waals surface area contributed by atoms with Crippen molar-refractivity contribution in [2.75, 3.05) is 25.0 Å². The van der Waals surface area contributed by atoms with Crippen LogP contribution >= 0.6 is 0 Å². The lowest BCUT2D eigenvalue weighted by Gasteiger charge is -2.19. The molecule has 0 aliphatic carbocycles. The highest BCUT2D eigenvalue weighted by Gasteiger charge is 2.05. The Kier molecular flexibility index (Phi) is 6.65. The Bertz CT molecular complexity index is 336. The molecule has 102 valence electrons. The van der Waals surface area contributed by atoms with Crippen molar-refractivity contribution >= 4 is 5.82 Å². The topological polar surface area (TPSA) is 41.0 Å². The summed E-state index contributed by atoms with van der Waals surface area (Å²) in [5.74, 6) is 0.880. The number of nitrogens with one attached hydrogen (secondary N) is 1. The van der Waals surface area contributed by atoms with Crippen LogP contribution in [0.1, 0.15) is 39.2 Å². The van der Waals surface area contributed by atoms with E-state index in [4.69, 9.17) is 0 Å². The third kappa shape index (κ3) is 5.45. The zero-order chi connectivity index (χ0) is 13.4. The predicted molar refractivity (Wildman–Crippen MR) is 76.9 cm³/mol. The van der Waals surface area contributed by atoms with Crippen molar-refractivity contribution in [1.29, 1.82) is 0 Å². The number of hydrogen-bond acceptors (Lipinski definition) is 4. The van der Waals surface area contributed by atoms with Crippen molar-refractivity contribution in [1.82, 2.24) is 15.1 Å². The molecule has 0 saturated carbocycles. The van der Waals surface area contributed by atoms with Gasteiger partial charge in [-0.05, 0) is 58.0 Å². The summed E-state index contributed by atoms with van der Waals surface area (Å²) < 4.78 is 0. The Balaban J connectivity index is 2.27. The Labute approximate surface area is 111 Å². The smallest absolute Gasteiger partial charge is 0.149 e. The lowest BCUT2D eigenvalue weighted by molar-refractivity contribution is 0.295. The van der Waals surface area contributed by atoms with Crippen LogP contribution in [0.25, 0.3) is 0 Å². The number of aryl methyl sites for hydroxylation is 1. The predicted octanol–water partition coefficient (Wildman–Crippen LogP) is 2.71. The maximum atomic E-state index is 4.08. The summed E-state index contributed by atoms with van der Waals surface area (Å²) in [5, 5.41) is 11.4. The minimum absolute atomic E-state index is 0.441. The summed E-state index contributed by atoms with van der Waals surface area (Å²) in [7, 11) is 0. The summed E-state index contributed by atoms with van der Waals surface area (Å²) in [6, 6.07) is 2.48. The summed E-state index contributed by atoms with van der Waals surface area (Å²) in [6.45, 7) is 12.1. The molecule has 0 aromatic carbocycles. The second kappa shape index (κ2) is 8.03. The van der Waals surface area contributed by atoms with Crippen LogP contribution in [0.3, 0.4) is 0 Å². The van der Waals surface area contributed by atoms with E-state index >= 15 is 0 Å². The van der Waals surface area contributed by atoms with E-state index in [0.29, 0.717) is 6.04 Å². The van der Waals surface area contributed by atoms with Crippen LogP contribution in [0.5, 0.6) is 0 Å². The highest BCUT2D eigenvalue weighted by Crippen LogP contribution is 2.08. The average Bonchev–Trinajstić information content (AvgIpc) is 2.34. The first kappa shape index (κ1) is 14.9. The molecule has 0 spiro atoms. The molecule has 0 bridgehead atoms. The lowest BCUT2D eigenvalue weighted by atomic mass is 10.1. The van der Waals surface area contributed by atoms with Crippen molar-refractivity contribution in [2.45, 2.75) is 46.6 Å². The number of rotatable bonds is 8. The van der Waals surface area contributed by atoms with Gasteiger partial charge in [-0.25, -0.2) is 0 Å². The number of aromatic nitrogens is 2. The van der Waals surface area contributed by atoms with E-state index in [1.54, 1.807) is 6.20 Å². The van der Waals surface area contributed by atoms with E-state index in [1.165, 1.54) is 13.0 Å². The van der Waals surface area contributed by atoms with Gasteiger partial charge in [0, 0.05) is 6.04 Å². The van der Waals surface area contributed by atoms with Crippen LogP contribution < -0.4 is 5.32 Å². The molecule has 0 fully saturated rings. The second-order valence-electron chi connectivity index (χ2n) is 4.83. The zero-order valence-corrected chi connectivity index (χ0v) is 12.1.